The van der Waals surface area contributed by atoms with Crippen LogP contribution in [-0.4, -0.2) is 15.4 Å². The minimum Gasteiger partial charge on any atom is -0.338 e. The summed E-state index contributed by atoms with van der Waals surface area (Å²) in [6.45, 7) is 0. The van der Waals surface area contributed by atoms with Crippen LogP contribution in [0.1, 0.15) is 31.5 Å². The van der Waals surface area contributed by atoms with E-state index in [0.29, 0.717) is 5.41 Å². The van der Waals surface area contributed by atoms with Crippen molar-refractivity contribution >= 4 is 11.6 Å². The van der Waals surface area contributed by atoms with Crippen molar-refractivity contribution in [1.82, 2.24) is 9.55 Å². The van der Waals surface area contributed by atoms with Gasteiger partial charge in [-0.3, -0.25) is 0 Å². The predicted molar refractivity (Wildman–Crippen MR) is 58.5 cm³/mol. The van der Waals surface area contributed by atoms with E-state index in [2.05, 4.69) is 16.6 Å². The Hall–Kier alpha value is -0.500. The maximum Gasteiger partial charge on any atom is 0.108 e. The topological polar surface area (TPSA) is 17.8 Å². The molecular formula is C11H17ClN2. The van der Waals surface area contributed by atoms with Gasteiger partial charge in [-0.2, -0.15) is 0 Å². The summed E-state index contributed by atoms with van der Waals surface area (Å²) in [5.41, 5.74) is 0.438. The van der Waals surface area contributed by atoms with E-state index in [0.717, 1.165) is 12.3 Å². The molecule has 3 heteroatoms. The van der Waals surface area contributed by atoms with Gasteiger partial charge in [0.1, 0.15) is 5.82 Å². The van der Waals surface area contributed by atoms with E-state index < -0.39 is 0 Å². The zero-order valence-electron chi connectivity index (χ0n) is 8.67. The number of nitrogens with zero attached hydrogens (tertiary/aromatic N) is 2. The van der Waals surface area contributed by atoms with E-state index >= 15 is 0 Å². The summed E-state index contributed by atoms with van der Waals surface area (Å²) in [5.74, 6) is 2.00. The number of halogens is 1. The summed E-state index contributed by atoms with van der Waals surface area (Å²) < 4.78 is 2.10. The Morgan fingerprint density at radius 2 is 2.36 bits per heavy atom. The molecule has 1 heterocycles. The second-order valence-corrected chi connectivity index (χ2v) is 4.71. The van der Waals surface area contributed by atoms with Crippen LogP contribution in [0.5, 0.6) is 0 Å². The Bertz CT molecular complexity index is 296. The van der Waals surface area contributed by atoms with Crippen LogP contribution in [0.2, 0.25) is 0 Å². The lowest BCUT2D eigenvalue weighted by molar-refractivity contribution is 0.150. The lowest BCUT2D eigenvalue weighted by Gasteiger charge is -2.40. The number of imidazole rings is 1. The molecule has 0 amide bonds. The Morgan fingerprint density at radius 3 is 2.79 bits per heavy atom. The summed E-state index contributed by atoms with van der Waals surface area (Å²) in [6, 6.07) is 0. The fourth-order valence-electron chi connectivity index (χ4n) is 2.14. The molecule has 2 rings (SSSR count). The first-order chi connectivity index (χ1) is 6.76. The third kappa shape index (κ3) is 1.81. The number of aromatic nitrogens is 2. The van der Waals surface area contributed by atoms with Gasteiger partial charge in [0.15, 0.2) is 0 Å². The molecule has 0 unspecified atom stereocenters. The molecule has 0 aromatic carbocycles. The van der Waals surface area contributed by atoms with Crippen molar-refractivity contribution in [2.45, 2.75) is 32.1 Å². The molecule has 0 N–H and O–H groups in total. The zero-order chi connectivity index (χ0) is 10.0. The molecule has 1 saturated carbocycles. The van der Waals surface area contributed by atoms with Crippen LogP contribution >= 0.6 is 11.6 Å². The number of alkyl halides is 1. The Kier molecular flexibility index (Phi) is 2.82. The fourth-order valence-corrected chi connectivity index (χ4v) is 2.54. The Balaban J connectivity index is 1.90. The van der Waals surface area contributed by atoms with Crippen molar-refractivity contribution in [1.29, 1.82) is 0 Å². The van der Waals surface area contributed by atoms with Crippen LogP contribution in [0.4, 0.5) is 0 Å². The molecule has 14 heavy (non-hydrogen) atoms. The van der Waals surface area contributed by atoms with Crippen LogP contribution in [0.25, 0.3) is 0 Å². The van der Waals surface area contributed by atoms with Crippen LogP contribution in [0.3, 0.4) is 0 Å². The Labute approximate surface area is 90.3 Å². The highest BCUT2D eigenvalue weighted by atomic mass is 35.5. The van der Waals surface area contributed by atoms with Crippen molar-refractivity contribution in [2.75, 3.05) is 5.88 Å². The summed E-state index contributed by atoms with van der Waals surface area (Å²) in [7, 11) is 2.05. The molecule has 1 aliphatic rings. The molecule has 2 nitrogen and oxygen atoms in total. The second-order valence-electron chi connectivity index (χ2n) is 4.44. The van der Waals surface area contributed by atoms with Crippen LogP contribution in [-0.2, 0) is 13.5 Å². The summed E-state index contributed by atoms with van der Waals surface area (Å²) in [6.07, 6.45) is 10.1. The smallest absolute Gasteiger partial charge is 0.108 e. The SMILES string of the molecule is Cn1ccnc1CCC1(CCl)CCC1. The first-order valence-electron chi connectivity index (χ1n) is 5.28. The predicted octanol–water partition coefficient (Wildman–Crippen LogP) is 2.76. The van der Waals surface area contributed by atoms with Crippen LogP contribution in [0.15, 0.2) is 12.4 Å². The van der Waals surface area contributed by atoms with Gasteiger partial charge in [-0.1, -0.05) is 6.42 Å². The van der Waals surface area contributed by atoms with E-state index in [1.54, 1.807) is 0 Å². The van der Waals surface area contributed by atoms with Gasteiger partial charge in [0, 0.05) is 31.7 Å². The van der Waals surface area contributed by atoms with Crippen molar-refractivity contribution in [3.63, 3.8) is 0 Å². The third-order valence-corrected chi connectivity index (χ3v) is 4.06. The molecule has 0 aliphatic heterocycles. The lowest BCUT2D eigenvalue weighted by Crippen LogP contribution is -2.32. The highest BCUT2D eigenvalue weighted by Gasteiger charge is 2.35. The molecule has 0 bridgehead atoms. The van der Waals surface area contributed by atoms with Gasteiger partial charge in [-0.05, 0) is 24.7 Å². The van der Waals surface area contributed by atoms with Gasteiger partial charge in [0.2, 0.25) is 0 Å². The normalized spacial score (nSPS) is 19.3. The van der Waals surface area contributed by atoms with E-state index in [1.807, 2.05) is 12.4 Å². The van der Waals surface area contributed by atoms with Gasteiger partial charge in [0.25, 0.3) is 0 Å². The molecular weight excluding hydrogens is 196 g/mol. The van der Waals surface area contributed by atoms with Crippen molar-refractivity contribution < 1.29 is 0 Å². The highest BCUT2D eigenvalue weighted by molar-refractivity contribution is 6.18. The standard InChI is InChI=1S/C11H17ClN2/c1-14-8-7-13-10(14)3-6-11(9-12)4-2-5-11/h7-8H,2-6,9H2,1H3. The molecule has 1 aromatic rings. The van der Waals surface area contributed by atoms with Crippen molar-refractivity contribution in [3.05, 3.63) is 18.2 Å². The second kappa shape index (κ2) is 3.93. The summed E-state index contributed by atoms with van der Waals surface area (Å²) in [5, 5.41) is 0. The quantitative estimate of drug-likeness (QED) is 0.702. The summed E-state index contributed by atoms with van der Waals surface area (Å²) in [4.78, 5) is 4.33. The van der Waals surface area contributed by atoms with E-state index in [1.165, 1.54) is 31.5 Å². The maximum atomic E-state index is 6.01. The molecule has 1 aliphatic carbocycles. The number of rotatable bonds is 4. The van der Waals surface area contributed by atoms with Crippen molar-refractivity contribution in [2.24, 2.45) is 12.5 Å². The first kappa shape index (κ1) is 10.0. The minimum absolute atomic E-state index is 0.438. The molecule has 0 atom stereocenters. The molecule has 1 fully saturated rings. The fraction of sp³-hybridized carbons (Fsp3) is 0.727. The summed E-state index contributed by atoms with van der Waals surface area (Å²) >= 11 is 6.01. The molecule has 1 aromatic heterocycles. The number of aryl methyl sites for hydroxylation is 2. The van der Waals surface area contributed by atoms with Gasteiger partial charge in [-0.15, -0.1) is 11.6 Å². The monoisotopic (exact) mass is 212 g/mol. The molecule has 0 saturated heterocycles. The van der Waals surface area contributed by atoms with Crippen molar-refractivity contribution in [3.8, 4) is 0 Å². The maximum absolute atomic E-state index is 6.01. The molecule has 78 valence electrons. The lowest BCUT2D eigenvalue weighted by atomic mass is 9.67. The zero-order valence-corrected chi connectivity index (χ0v) is 9.43. The Morgan fingerprint density at radius 1 is 1.57 bits per heavy atom. The van der Waals surface area contributed by atoms with Crippen LogP contribution in [0, 0.1) is 5.41 Å². The minimum atomic E-state index is 0.438. The van der Waals surface area contributed by atoms with Crippen LogP contribution < -0.4 is 0 Å². The van der Waals surface area contributed by atoms with E-state index in [-0.39, 0.29) is 0 Å². The average molecular weight is 213 g/mol. The molecule has 0 spiro atoms. The number of hydrogen-bond donors (Lipinski definition) is 0. The van der Waals surface area contributed by atoms with Gasteiger partial charge >= 0.3 is 0 Å². The van der Waals surface area contributed by atoms with Gasteiger partial charge in [0.05, 0.1) is 0 Å². The first-order valence-corrected chi connectivity index (χ1v) is 5.81. The van der Waals surface area contributed by atoms with E-state index in [9.17, 15) is 0 Å². The van der Waals surface area contributed by atoms with Gasteiger partial charge in [-0.25, -0.2) is 4.98 Å². The average Bonchev–Trinajstić information content (AvgIpc) is 2.51. The van der Waals surface area contributed by atoms with Gasteiger partial charge < -0.3 is 4.57 Å². The molecule has 0 radical (unpaired) electrons. The highest BCUT2D eigenvalue weighted by Crippen LogP contribution is 2.45. The largest absolute Gasteiger partial charge is 0.338 e. The third-order valence-electron chi connectivity index (χ3n) is 3.50. The number of hydrogen-bond acceptors (Lipinski definition) is 1. The van der Waals surface area contributed by atoms with E-state index in [4.69, 9.17) is 11.6 Å².